The third kappa shape index (κ3) is 2.17. The molecule has 1 aliphatic heterocycles. The fourth-order valence-corrected chi connectivity index (χ4v) is 2.57. The van der Waals surface area contributed by atoms with Crippen molar-refractivity contribution in [2.24, 2.45) is 0 Å². The first-order valence-electron chi connectivity index (χ1n) is 6.57. The highest BCUT2D eigenvalue weighted by atomic mass is 16.5. The van der Waals surface area contributed by atoms with Crippen LogP contribution in [0.25, 0.3) is 0 Å². The molecule has 0 aromatic heterocycles. The number of carbonyl (C=O) groups is 1. The Labute approximate surface area is 117 Å². The van der Waals surface area contributed by atoms with Crippen LogP contribution < -0.4 is 0 Å². The Bertz CT molecular complexity index is 700. The SMILES string of the molecule is N#Cc1ccccc1CCC1OC(=O)c2ccccc21. The van der Waals surface area contributed by atoms with Gasteiger partial charge in [-0.1, -0.05) is 36.4 Å². The van der Waals surface area contributed by atoms with E-state index in [1.165, 1.54) is 0 Å². The second-order valence-corrected chi connectivity index (χ2v) is 4.79. The van der Waals surface area contributed by atoms with Crippen molar-refractivity contribution >= 4 is 5.97 Å². The largest absolute Gasteiger partial charge is 0.454 e. The Morgan fingerprint density at radius 2 is 1.85 bits per heavy atom. The molecule has 98 valence electrons. The molecule has 0 saturated carbocycles. The van der Waals surface area contributed by atoms with Gasteiger partial charge < -0.3 is 4.74 Å². The van der Waals surface area contributed by atoms with Gasteiger partial charge in [0.1, 0.15) is 6.10 Å². The predicted octanol–water partition coefficient (Wildman–Crippen LogP) is 3.40. The van der Waals surface area contributed by atoms with E-state index in [1.807, 2.05) is 42.5 Å². The minimum absolute atomic E-state index is 0.203. The maximum atomic E-state index is 11.7. The van der Waals surface area contributed by atoms with Crippen LogP contribution in [0, 0.1) is 11.3 Å². The smallest absolute Gasteiger partial charge is 0.339 e. The van der Waals surface area contributed by atoms with E-state index in [0.717, 1.165) is 17.5 Å². The molecule has 3 nitrogen and oxygen atoms in total. The summed E-state index contributed by atoms with van der Waals surface area (Å²) in [6.07, 6.45) is 1.21. The van der Waals surface area contributed by atoms with Gasteiger partial charge in [0, 0.05) is 5.56 Å². The van der Waals surface area contributed by atoms with Crippen molar-refractivity contribution in [1.82, 2.24) is 0 Å². The lowest BCUT2D eigenvalue weighted by atomic mass is 9.97. The van der Waals surface area contributed by atoms with Crippen molar-refractivity contribution < 1.29 is 9.53 Å². The van der Waals surface area contributed by atoms with Crippen molar-refractivity contribution in [1.29, 1.82) is 5.26 Å². The monoisotopic (exact) mass is 263 g/mol. The molecule has 1 atom stereocenters. The van der Waals surface area contributed by atoms with Gasteiger partial charge in [-0.15, -0.1) is 0 Å². The lowest BCUT2D eigenvalue weighted by Crippen LogP contribution is -2.01. The molecule has 20 heavy (non-hydrogen) atoms. The molecular formula is C17H13NO2. The topological polar surface area (TPSA) is 50.1 Å². The number of hydrogen-bond acceptors (Lipinski definition) is 3. The fourth-order valence-electron chi connectivity index (χ4n) is 2.57. The molecular weight excluding hydrogens is 250 g/mol. The quantitative estimate of drug-likeness (QED) is 0.797. The number of carbonyl (C=O) groups excluding carboxylic acids is 1. The van der Waals surface area contributed by atoms with Crippen LogP contribution >= 0.6 is 0 Å². The Morgan fingerprint density at radius 3 is 2.70 bits per heavy atom. The first kappa shape index (κ1) is 12.4. The number of rotatable bonds is 3. The number of fused-ring (bicyclic) bond motifs is 1. The van der Waals surface area contributed by atoms with E-state index in [1.54, 1.807) is 6.07 Å². The number of nitriles is 1. The highest BCUT2D eigenvalue weighted by Crippen LogP contribution is 2.33. The molecule has 1 aliphatic rings. The van der Waals surface area contributed by atoms with Crippen molar-refractivity contribution in [3.8, 4) is 6.07 Å². The van der Waals surface area contributed by atoms with Gasteiger partial charge in [0.2, 0.25) is 0 Å². The van der Waals surface area contributed by atoms with Crippen LogP contribution in [0.5, 0.6) is 0 Å². The second kappa shape index (κ2) is 5.18. The fraction of sp³-hybridized carbons (Fsp3) is 0.176. The molecule has 1 unspecified atom stereocenters. The Kier molecular flexibility index (Phi) is 3.22. The number of aryl methyl sites for hydroxylation is 1. The summed E-state index contributed by atoms with van der Waals surface area (Å²) in [6.45, 7) is 0. The number of esters is 1. The number of nitrogens with zero attached hydrogens (tertiary/aromatic N) is 1. The van der Waals surface area contributed by atoms with Crippen LogP contribution in [0.1, 0.15) is 39.6 Å². The Balaban J connectivity index is 1.78. The Morgan fingerprint density at radius 1 is 1.10 bits per heavy atom. The predicted molar refractivity (Wildman–Crippen MR) is 74.1 cm³/mol. The van der Waals surface area contributed by atoms with Crippen LogP contribution in [-0.2, 0) is 11.2 Å². The van der Waals surface area contributed by atoms with Gasteiger partial charge in [0.05, 0.1) is 17.2 Å². The Hall–Kier alpha value is -2.60. The summed E-state index contributed by atoms with van der Waals surface area (Å²) in [6, 6.07) is 17.2. The molecule has 3 heteroatoms. The maximum Gasteiger partial charge on any atom is 0.339 e. The lowest BCUT2D eigenvalue weighted by Gasteiger charge is -2.11. The summed E-state index contributed by atoms with van der Waals surface area (Å²) in [5, 5.41) is 9.07. The van der Waals surface area contributed by atoms with E-state index in [0.29, 0.717) is 17.5 Å². The van der Waals surface area contributed by atoms with Crippen molar-refractivity contribution in [2.75, 3.05) is 0 Å². The summed E-state index contributed by atoms with van der Waals surface area (Å²) in [7, 11) is 0. The van der Waals surface area contributed by atoms with Gasteiger partial charge in [0.25, 0.3) is 0 Å². The summed E-state index contributed by atoms with van der Waals surface area (Å²) in [4.78, 5) is 11.7. The summed E-state index contributed by atoms with van der Waals surface area (Å²) < 4.78 is 5.41. The number of cyclic esters (lactones) is 1. The third-order valence-electron chi connectivity index (χ3n) is 3.59. The van der Waals surface area contributed by atoms with Gasteiger partial charge >= 0.3 is 5.97 Å². The van der Waals surface area contributed by atoms with Crippen molar-refractivity contribution in [3.05, 3.63) is 70.8 Å². The molecule has 0 bridgehead atoms. The van der Waals surface area contributed by atoms with Gasteiger partial charge in [-0.25, -0.2) is 4.79 Å². The molecule has 3 rings (SSSR count). The molecule has 0 fully saturated rings. The van der Waals surface area contributed by atoms with Crippen molar-refractivity contribution in [2.45, 2.75) is 18.9 Å². The highest BCUT2D eigenvalue weighted by Gasteiger charge is 2.30. The molecule has 0 spiro atoms. The minimum atomic E-state index is -0.251. The molecule has 0 N–H and O–H groups in total. The van der Waals surface area contributed by atoms with Gasteiger partial charge in [-0.3, -0.25) is 0 Å². The zero-order chi connectivity index (χ0) is 13.9. The van der Waals surface area contributed by atoms with Crippen LogP contribution in [0.4, 0.5) is 0 Å². The zero-order valence-corrected chi connectivity index (χ0v) is 10.9. The molecule has 0 radical (unpaired) electrons. The van der Waals surface area contributed by atoms with E-state index < -0.39 is 0 Å². The van der Waals surface area contributed by atoms with E-state index in [-0.39, 0.29) is 12.1 Å². The second-order valence-electron chi connectivity index (χ2n) is 4.79. The average Bonchev–Trinajstić information content (AvgIpc) is 2.82. The molecule has 2 aromatic carbocycles. The molecule has 0 aliphatic carbocycles. The highest BCUT2D eigenvalue weighted by molar-refractivity contribution is 5.93. The average molecular weight is 263 g/mol. The first-order valence-corrected chi connectivity index (χ1v) is 6.57. The number of hydrogen-bond donors (Lipinski definition) is 0. The lowest BCUT2D eigenvalue weighted by molar-refractivity contribution is 0.0369. The van der Waals surface area contributed by atoms with Gasteiger partial charge in [-0.05, 0) is 30.5 Å². The summed E-state index contributed by atoms with van der Waals surface area (Å²) in [5.74, 6) is -0.251. The van der Waals surface area contributed by atoms with Crippen LogP contribution in [0.15, 0.2) is 48.5 Å². The summed E-state index contributed by atoms with van der Waals surface area (Å²) >= 11 is 0. The zero-order valence-electron chi connectivity index (χ0n) is 10.9. The third-order valence-corrected chi connectivity index (χ3v) is 3.59. The number of benzene rings is 2. The van der Waals surface area contributed by atoms with E-state index >= 15 is 0 Å². The van der Waals surface area contributed by atoms with Gasteiger partial charge in [0.15, 0.2) is 0 Å². The molecule has 0 amide bonds. The van der Waals surface area contributed by atoms with E-state index in [9.17, 15) is 4.79 Å². The van der Waals surface area contributed by atoms with Gasteiger partial charge in [-0.2, -0.15) is 5.26 Å². The van der Waals surface area contributed by atoms with Crippen LogP contribution in [0.3, 0.4) is 0 Å². The van der Waals surface area contributed by atoms with Crippen LogP contribution in [0.2, 0.25) is 0 Å². The first-order chi connectivity index (χ1) is 9.79. The van der Waals surface area contributed by atoms with Crippen LogP contribution in [-0.4, -0.2) is 5.97 Å². The standard InChI is InChI=1S/C17H13NO2/c18-11-13-6-2-1-5-12(13)9-10-16-14-7-3-4-8-15(14)17(19)20-16/h1-8,16H,9-10H2. The summed E-state index contributed by atoms with van der Waals surface area (Å²) in [5.41, 5.74) is 3.29. The van der Waals surface area contributed by atoms with E-state index in [4.69, 9.17) is 10.00 Å². The molecule has 2 aromatic rings. The number of ether oxygens (including phenoxy) is 1. The normalized spacial score (nSPS) is 16.4. The minimum Gasteiger partial charge on any atom is -0.454 e. The molecule has 0 saturated heterocycles. The van der Waals surface area contributed by atoms with E-state index in [2.05, 4.69) is 6.07 Å². The van der Waals surface area contributed by atoms with Crippen molar-refractivity contribution in [3.63, 3.8) is 0 Å². The maximum absolute atomic E-state index is 11.7. The molecule has 1 heterocycles.